The van der Waals surface area contributed by atoms with Crippen molar-refractivity contribution < 1.29 is 17.6 Å². The van der Waals surface area contributed by atoms with Crippen LogP contribution in [0, 0.1) is 11.7 Å². The lowest BCUT2D eigenvalue weighted by Crippen LogP contribution is -2.32. The zero-order chi connectivity index (χ0) is 22.2. The number of hydrogen-bond acceptors (Lipinski definition) is 6. The van der Waals surface area contributed by atoms with Crippen molar-refractivity contribution in [1.82, 2.24) is 19.3 Å². The zero-order valence-corrected chi connectivity index (χ0v) is 18.0. The molecule has 0 radical (unpaired) electrons. The number of halogens is 1. The van der Waals surface area contributed by atoms with E-state index in [9.17, 15) is 13.2 Å². The molecule has 0 unspecified atom stereocenters. The SMILES string of the molecule is CCN(C)S(=O)(=O)Nc1cccc(C(=O)c2c[nH]c3ncnc(NCC4CC4)c23)c1F. The third kappa shape index (κ3) is 4.23. The van der Waals surface area contributed by atoms with E-state index in [2.05, 4.69) is 25.0 Å². The monoisotopic (exact) mass is 446 g/mol. The van der Waals surface area contributed by atoms with Gasteiger partial charge in [0.2, 0.25) is 0 Å². The maximum atomic E-state index is 15.2. The number of nitrogens with one attached hydrogen (secondary N) is 3. The number of aromatic amines is 1. The maximum absolute atomic E-state index is 15.2. The summed E-state index contributed by atoms with van der Waals surface area (Å²) in [6, 6.07) is 4.02. The van der Waals surface area contributed by atoms with Gasteiger partial charge in [0.25, 0.3) is 0 Å². The van der Waals surface area contributed by atoms with Gasteiger partial charge in [0, 0.05) is 26.3 Å². The lowest BCUT2D eigenvalue weighted by molar-refractivity contribution is 0.103. The van der Waals surface area contributed by atoms with Crippen molar-refractivity contribution in [3.05, 3.63) is 47.7 Å². The largest absolute Gasteiger partial charge is 0.369 e. The fourth-order valence-corrected chi connectivity index (χ4v) is 4.09. The topological polar surface area (TPSA) is 120 Å². The van der Waals surface area contributed by atoms with Gasteiger partial charge < -0.3 is 10.3 Å². The van der Waals surface area contributed by atoms with E-state index in [1.165, 1.54) is 37.8 Å². The Balaban J connectivity index is 1.69. The Bertz CT molecular complexity index is 1240. The lowest BCUT2D eigenvalue weighted by atomic mass is 10.0. The average Bonchev–Trinajstić information content (AvgIpc) is 3.48. The van der Waals surface area contributed by atoms with E-state index in [1.54, 1.807) is 6.92 Å². The molecule has 0 bridgehead atoms. The molecule has 2 heterocycles. The minimum absolute atomic E-state index is 0.207. The van der Waals surface area contributed by atoms with E-state index in [0.717, 1.165) is 23.7 Å². The minimum Gasteiger partial charge on any atom is -0.369 e. The van der Waals surface area contributed by atoms with Crippen molar-refractivity contribution in [2.45, 2.75) is 19.8 Å². The number of rotatable bonds is 9. The van der Waals surface area contributed by atoms with Gasteiger partial charge in [-0.2, -0.15) is 12.7 Å². The van der Waals surface area contributed by atoms with Crippen molar-refractivity contribution in [3.8, 4) is 0 Å². The van der Waals surface area contributed by atoms with Gasteiger partial charge in [-0.1, -0.05) is 13.0 Å². The van der Waals surface area contributed by atoms with Gasteiger partial charge in [-0.05, 0) is 30.9 Å². The summed E-state index contributed by atoms with van der Waals surface area (Å²) in [6.45, 7) is 2.60. The van der Waals surface area contributed by atoms with Crippen LogP contribution < -0.4 is 10.0 Å². The molecule has 0 saturated heterocycles. The highest BCUT2D eigenvalue weighted by atomic mass is 32.2. The number of benzene rings is 1. The molecule has 1 aliphatic rings. The van der Waals surface area contributed by atoms with Crippen molar-refractivity contribution >= 4 is 38.5 Å². The van der Waals surface area contributed by atoms with Crippen molar-refractivity contribution in [1.29, 1.82) is 0 Å². The Hall–Kier alpha value is -3.05. The number of ketones is 1. The molecule has 4 rings (SSSR count). The predicted octanol–water partition coefficient (Wildman–Crippen LogP) is 2.76. The van der Waals surface area contributed by atoms with Crippen LogP contribution in [0.15, 0.2) is 30.7 Å². The Morgan fingerprint density at radius 1 is 1.29 bits per heavy atom. The fraction of sp³-hybridized carbons (Fsp3) is 0.350. The first kappa shape index (κ1) is 21.2. The van der Waals surface area contributed by atoms with E-state index >= 15 is 4.39 Å². The van der Waals surface area contributed by atoms with Crippen molar-refractivity contribution in [2.24, 2.45) is 5.92 Å². The quantitative estimate of drug-likeness (QED) is 0.435. The molecule has 11 heteroatoms. The molecular formula is C20H23FN6O3S. The molecule has 0 amide bonds. The molecule has 1 aromatic carbocycles. The summed E-state index contributed by atoms with van der Waals surface area (Å²) >= 11 is 0. The molecule has 2 aromatic heterocycles. The smallest absolute Gasteiger partial charge is 0.301 e. The van der Waals surface area contributed by atoms with Gasteiger partial charge in [-0.3, -0.25) is 9.52 Å². The van der Waals surface area contributed by atoms with Crippen LogP contribution in [0.3, 0.4) is 0 Å². The Morgan fingerprint density at radius 3 is 2.77 bits per heavy atom. The molecule has 164 valence electrons. The molecular weight excluding hydrogens is 423 g/mol. The van der Waals surface area contributed by atoms with Crippen LogP contribution in [-0.2, 0) is 10.2 Å². The number of H-pyrrole nitrogens is 1. The number of fused-ring (bicyclic) bond motifs is 1. The third-order valence-electron chi connectivity index (χ3n) is 5.31. The number of nitrogens with zero attached hydrogens (tertiary/aromatic N) is 3. The molecule has 3 N–H and O–H groups in total. The third-order valence-corrected chi connectivity index (χ3v) is 6.86. The van der Waals surface area contributed by atoms with Crippen LogP contribution in [0.5, 0.6) is 0 Å². The second-order valence-corrected chi connectivity index (χ2v) is 9.27. The van der Waals surface area contributed by atoms with Gasteiger partial charge in [0.05, 0.1) is 22.2 Å². The summed E-state index contributed by atoms with van der Waals surface area (Å²) in [7, 11) is -2.56. The van der Waals surface area contributed by atoms with Crippen molar-refractivity contribution in [2.75, 3.05) is 30.2 Å². The summed E-state index contributed by atoms with van der Waals surface area (Å²) in [5.41, 5.74) is 0.114. The minimum atomic E-state index is -3.94. The Kier molecular flexibility index (Phi) is 5.63. The van der Waals surface area contributed by atoms with E-state index in [4.69, 9.17) is 0 Å². The van der Waals surface area contributed by atoms with E-state index in [0.29, 0.717) is 22.8 Å². The predicted molar refractivity (Wildman–Crippen MR) is 116 cm³/mol. The number of hydrogen-bond donors (Lipinski definition) is 3. The summed E-state index contributed by atoms with van der Waals surface area (Å²) in [6.07, 6.45) is 5.16. The molecule has 1 aliphatic carbocycles. The van der Waals surface area contributed by atoms with Crippen LogP contribution in [0.4, 0.5) is 15.9 Å². The van der Waals surface area contributed by atoms with Crippen molar-refractivity contribution in [3.63, 3.8) is 0 Å². The molecule has 1 fully saturated rings. The highest BCUT2D eigenvalue weighted by Gasteiger charge is 2.26. The second-order valence-electron chi connectivity index (χ2n) is 7.49. The van der Waals surface area contributed by atoms with Gasteiger partial charge in [-0.25, -0.2) is 14.4 Å². The molecule has 0 spiro atoms. The van der Waals surface area contributed by atoms with E-state index < -0.39 is 21.8 Å². The zero-order valence-electron chi connectivity index (χ0n) is 17.1. The number of anilines is 2. The molecule has 31 heavy (non-hydrogen) atoms. The normalized spacial score (nSPS) is 14.2. The van der Waals surface area contributed by atoms with Gasteiger partial charge >= 0.3 is 10.2 Å². The second kappa shape index (κ2) is 8.23. The van der Waals surface area contributed by atoms with E-state index in [1.807, 2.05) is 0 Å². The van der Waals surface area contributed by atoms with E-state index in [-0.39, 0.29) is 23.4 Å². The standard InChI is InChI=1S/C20H23FN6O3S/c1-3-27(2)31(29,30)26-15-6-4-5-13(17(15)21)18(28)14-10-23-20-16(14)19(24-11-25-20)22-9-12-7-8-12/h4-6,10-12,26H,3,7-9H2,1-2H3,(H2,22,23,24,25). The van der Waals surface area contributed by atoms with Crippen LogP contribution in [0.25, 0.3) is 11.0 Å². The van der Waals surface area contributed by atoms with Gasteiger partial charge in [0.1, 0.15) is 17.8 Å². The molecule has 3 aromatic rings. The maximum Gasteiger partial charge on any atom is 0.301 e. The summed E-state index contributed by atoms with van der Waals surface area (Å²) in [4.78, 5) is 24.5. The summed E-state index contributed by atoms with van der Waals surface area (Å²) in [5.74, 6) is -0.452. The highest BCUT2D eigenvalue weighted by molar-refractivity contribution is 7.90. The molecule has 0 atom stereocenters. The number of carbonyl (C=O) groups is 1. The lowest BCUT2D eigenvalue weighted by Gasteiger charge is -2.17. The summed E-state index contributed by atoms with van der Waals surface area (Å²) in [5, 5.41) is 3.72. The van der Waals surface area contributed by atoms with Gasteiger partial charge in [0.15, 0.2) is 11.6 Å². The number of carbonyl (C=O) groups excluding carboxylic acids is 1. The van der Waals surface area contributed by atoms with Gasteiger partial charge in [-0.15, -0.1) is 0 Å². The van der Waals surface area contributed by atoms with Crippen LogP contribution >= 0.6 is 0 Å². The molecule has 0 aliphatic heterocycles. The number of aromatic nitrogens is 3. The van der Waals surface area contributed by atoms with Crippen LogP contribution in [0.1, 0.15) is 35.7 Å². The van der Waals surface area contributed by atoms with Crippen LogP contribution in [0.2, 0.25) is 0 Å². The fourth-order valence-electron chi connectivity index (χ4n) is 3.16. The Labute approximate surface area is 179 Å². The highest BCUT2D eigenvalue weighted by Crippen LogP contribution is 2.31. The first-order valence-corrected chi connectivity index (χ1v) is 11.4. The summed E-state index contributed by atoms with van der Waals surface area (Å²) < 4.78 is 42.9. The first-order valence-electron chi connectivity index (χ1n) is 9.95. The Morgan fingerprint density at radius 2 is 2.06 bits per heavy atom. The molecule has 9 nitrogen and oxygen atoms in total. The first-order chi connectivity index (χ1) is 14.8. The average molecular weight is 447 g/mol. The molecule has 1 saturated carbocycles. The van der Waals surface area contributed by atoms with Crippen LogP contribution in [-0.4, -0.2) is 53.6 Å².